The Bertz CT molecular complexity index is 404. The largest absolute Gasteiger partial charge is 0.475 e. The number of nitrogens with one attached hydrogen (secondary N) is 1. The lowest BCUT2D eigenvalue weighted by molar-refractivity contribution is 0.0455. The standard InChI is InChI=1S/C14H25N3O2/c1-6-14(18,7-2)9-15-13-16-11(5)8-12(17-13)19-10(3)4/h8,10,18H,6-7,9H2,1-5H3,(H,15,16,17). The van der Waals surface area contributed by atoms with Gasteiger partial charge >= 0.3 is 0 Å². The zero-order valence-corrected chi connectivity index (χ0v) is 12.5. The highest BCUT2D eigenvalue weighted by molar-refractivity contribution is 5.31. The summed E-state index contributed by atoms with van der Waals surface area (Å²) < 4.78 is 5.57. The van der Waals surface area contributed by atoms with E-state index in [-0.39, 0.29) is 6.10 Å². The minimum Gasteiger partial charge on any atom is -0.475 e. The second-order valence-corrected chi connectivity index (χ2v) is 5.12. The van der Waals surface area contributed by atoms with Crippen molar-refractivity contribution in [1.82, 2.24) is 9.97 Å². The van der Waals surface area contributed by atoms with Crippen molar-refractivity contribution in [3.63, 3.8) is 0 Å². The number of nitrogens with zero attached hydrogens (tertiary/aromatic N) is 2. The number of aliphatic hydroxyl groups is 1. The van der Waals surface area contributed by atoms with Gasteiger partial charge in [-0.05, 0) is 33.6 Å². The number of anilines is 1. The molecule has 2 N–H and O–H groups in total. The third-order valence-electron chi connectivity index (χ3n) is 3.08. The van der Waals surface area contributed by atoms with Crippen molar-refractivity contribution in [2.45, 2.75) is 59.2 Å². The van der Waals surface area contributed by atoms with E-state index in [0.29, 0.717) is 31.2 Å². The van der Waals surface area contributed by atoms with E-state index in [0.717, 1.165) is 5.69 Å². The second kappa shape index (κ2) is 6.70. The summed E-state index contributed by atoms with van der Waals surface area (Å²) in [5.41, 5.74) is 0.122. The minimum atomic E-state index is -0.716. The Morgan fingerprint density at radius 2 is 1.95 bits per heavy atom. The zero-order chi connectivity index (χ0) is 14.5. The van der Waals surface area contributed by atoms with Crippen LogP contribution in [0.15, 0.2) is 6.07 Å². The first-order valence-corrected chi connectivity index (χ1v) is 6.87. The number of rotatable bonds is 7. The molecule has 1 heterocycles. The Morgan fingerprint density at radius 3 is 2.47 bits per heavy atom. The topological polar surface area (TPSA) is 67.3 Å². The maximum absolute atomic E-state index is 10.2. The maximum Gasteiger partial charge on any atom is 0.226 e. The van der Waals surface area contributed by atoms with Crippen LogP contribution in [0.1, 0.15) is 46.2 Å². The Morgan fingerprint density at radius 1 is 1.32 bits per heavy atom. The molecule has 0 aliphatic carbocycles. The van der Waals surface area contributed by atoms with E-state index in [1.165, 1.54) is 0 Å². The lowest BCUT2D eigenvalue weighted by atomic mass is 9.98. The van der Waals surface area contributed by atoms with Crippen LogP contribution in [0.3, 0.4) is 0 Å². The Hall–Kier alpha value is -1.36. The van der Waals surface area contributed by atoms with Gasteiger partial charge in [-0.3, -0.25) is 0 Å². The summed E-state index contributed by atoms with van der Waals surface area (Å²) in [6.07, 6.45) is 1.46. The van der Waals surface area contributed by atoms with Gasteiger partial charge in [-0.2, -0.15) is 4.98 Å². The molecule has 0 fully saturated rings. The molecule has 1 aromatic rings. The first kappa shape index (κ1) is 15.7. The second-order valence-electron chi connectivity index (χ2n) is 5.12. The predicted molar refractivity (Wildman–Crippen MR) is 76.6 cm³/mol. The molecule has 108 valence electrons. The highest BCUT2D eigenvalue weighted by Crippen LogP contribution is 2.17. The molecule has 0 aliphatic heterocycles. The lowest BCUT2D eigenvalue weighted by Crippen LogP contribution is -2.35. The molecule has 0 aromatic carbocycles. The lowest BCUT2D eigenvalue weighted by Gasteiger charge is -2.25. The number of aryl methyl sites for hydroxylation is 1. The average Bonchev–Trinajstić information content (AvgIpc) is 2.34. The number of aromatic nitrogens is 2. The number of hydrogen-bond acceptors (Lipinski definition) is 5. The van der Waals surface area contributed by atoms with Crippen LogP contribution >= 0.6 is 0 Å². The maximum atomic E-state index is 10.2. The van der Waals surface area contributed by atoms with E-state index in [4.69, 9.17) is 4.74 Å². The number of ether oxygens (including phenoxy) is 1. The quantitative estimate of drug-likeness (QED) is 0.794. The third-order valence-corrected chi connectivity index (χ3v) is 3.08. The van der Waals surface area contributed by atoms with Crippen molar-refractivity contribution in [2.24, 2.45) is 0 Å². The molecule has 0 saturated carbocycles. The Labute approximate surface area is 115 Å². The van der Waals surface area contributed by atoms with Gasteiger partial charge in [0.2, 0.25) is 11.8 Å². The Kier molecular flexibility index (Phi) is 5.54. The molecular formula is C14H25N3O2. The van der Waals surface area contributed by atoms with Crippen LogP contribution in [0, 0.1) is 6.92 Å². The van der Waals surface area contributed by atoms with Crippen molar-refractivity contribution < 1.29 is 9.84 Å². The molecule has 5 nitrogen and oxygen atoms in total. The smallest absolute Gasteiger partial charge is 0.226 e. The van der Waals surface area contributed by atoms with Crippen LogP contribution in [0.2, 0.25) is 0 Å². The van der Waals surface area contributed by atoms with E-state index in [1.807, 2.05) is 34.6 Å². The average molecular weight is 267 g/mol. The highest BCUT2D eigenvalue weighted by Gasteiger charge is 2.22. The van der Waals surface area contributed by atoms with Gasteiger partial charge in [-0.1, -0.05) is 13.8 Å². The van der Waals surface area contributed by atoms with Gasteiger partial charge in [0.05, 0.1) is 11.7 Å². The van der Waals surface area contributed by atoms with Gasteiger partial charge in [0, 0.05) is 18.3 Å². The predicted octanol–water partition coefficient (Wildman–Crippen LogP) is 2.54. The van der Waals surface area contributed by atoms with Crippen LogP contribution in [0.4, 0.5) is 5.95 Å². The van der Waals surface area contributed by atoms with Crippen LogP contribution in [-0.4, -0.2) is 33.3 Å². The molecule has 1 rings (SSSR count). The molecule has 0 amide bonds. The molecule has 0 unspecified atom stereocenters. The summed E-state index contributed by atoms with van der Waals surface area (Å²) in [6.45, 7) is 10.2. The molecule has 0 radical (unpaired) electrons. The first-order valence-electron chi connectivity index (χ1n) is 6.87. The fourth-order valence-corrected chi connectivity index (χ4v) is 1.66. The van der Waals surface area contributed by atoms with E-state index < -0.39 is 5.60 Å². The normalized spacial score (nSPS) is 11.7. The van der Waals surface area contributed by atoms with Crippen molar-refractivity contribution >= 4 is 5.95 Å². The van der Waals surface area contributed by atoms with Gasteiger partial charge < -0.3 is 15.2 Å². The van der Waals surface area contributed by atoms with Crippen molar-refractivity contribution in [3.05, 3.63) is 11.8 Å². The molecule has 0 saturated heterocycles. The van der Waals surface area contributed by atoms with Crippen LogP contribution in [0.25, 0.3) is 0 Å². The summed E-state index contributed by atoms with van der Waals surface area (Å²) in [4.78, 5) is 8.59. The monoisotopic (exact) mass is 267 g/mol. The highest BCUT2D eigenvalue weighted by atomic mass is 16.5. The van der Waals surface area contributed by atoms with E-state index >= 15 is 0 Å². The zero-order valence-electron chi connectivity index (χ0n) is 12.5. The molecule has 0 aliphatic rings. The summed E-state index contributed by atoms with van der Waals surface area (Å²) >= 11 is 0. The minimum absolute atomic E-state index is 0.0744. The third kappa shape index (κ3) is 5.03. The van der Waals surface area contributed by atoms with E-state index in [1.54, 1.807) is 6.07 Å². The van der Waals surface area contributed by atoms with Crippen molar-refractivity contribution in [1.29, 1.82) is 0 Å². The molecule has 5 heteroatoms. The van der Waals surface area contributed by atoms with Crippen molar-refractivity contribution in [2.75, 3.05) is 11.9 Å². The van der Waals surface area contributed by atoms with E-state index in [9.17, 15) is 5.11 Å². The molecule has 0 bridgehead atoms. The fraction of sp³-hybridized carbons (Fsp3) is 0.714. The molecule has 1 aromatic heterocycles. The fourth-order valence-electron chi connectivity index (χ4n) is 1.66. The van der Waals surface area contributed by atoms with Gasteiger partial charge in [-0.25, -0.2) is 4.98 Å². The molecular weight excluding hydrogens is 242 g/mol. The summed E-state index contributed by atoms with van der Waals surface area (Å²) in [7, 11) is 0. The van der Waals surface area contributed by atoms with Gasteiger partial charge in [0.15, 0.2) is 0 Å². The SMILES string of the molecule is CCC(O)(CC)CNc1nc(C)cc(OC(C)C)n1. The van der Waals surface area contributed by atoms with Crippen LogP contribution in [-0.2, 0) is 0 Å². The van der Waals surface area contributed by atoms with Gasteiger partial charge in [-0.15, -0.1) is 0 Å². The first-order chi connectivity index (χ1) is 8.88. The molecule has 19 heavy (non-hydrogen) atoms. The molecule has 0 spiro atoms. The molecule has 0 atom stereocenters. The van der Waals surface area contributed by atoms with Crippen LogP contribution < -0.4 is 10.1 Å². The summed E-state index contributed by atoms with van der Waals surface area (Å²) in [5, 5.41) is 13.3. The van der Waals surface area contributed by atoms with E-state index in [2.05, 4.69) is 15.3 Å². The van der Waals surface area contributed by atoms with Crippen LogP contribution in [0.5, 0.6) is 5.88 Å². The number of hydrogen-bond donors (Lipinski definition) is 2. The Balaban J connectivity index is 2.75. The summed E-state index contributed by atoms with van der Waals surface area (Å²) in [6, 6.07) is 1.80. The van der Waals surface area contributed by atoms with Gasteiger partial charge in [0.25, 0.3) is 0 Å². The van der Waals surface area contributed by atoms with Gasteiger partial charge in [0.1, 0.15) is 0 Å². The van der Waals surface area contributed by atoms with Crippen molar-refractivity contribution in [3.8, 4) is 5.88 Å². The summed E-state index contributed by atoms with van der Waals surface area (Å²) in [5.74, 6) is 1.05.